The van der Waals surface area contributed by atoms with Gasteiger partial charge in [-0.1, -0.05) is 52.2 Å². The monoisotopic (exact) mass is 316 g/mol. The molecule has 0 unspecified atom stereocenters. The Bertz CT molecular complexity index is 558. The Hall–Kier alpha value is -0.300. The fourth-order valence-electron chi connectivity index (χ4n) is 7.64. The van der Waals surface area contributed by atoms with Crippen molar-refractivity contribution in [3.8, 4) is 0 Å². The Kier molecular flexibility index (Phi) is 3.27. The summed E-state index contributed by atoms with van der Waals surface area (Å²) in [5.41, 5.74) is 5.16. The molecule has 2 fully saturated rings. The molecule has 0 aliphatic heterocycles. The van der Waals surface area contributed by atoms with Crippen molar-refractivity contribution in [1.29, 1.82) is 0 Å². The van der Waals surface area contributed by atoms with E-state index >= 15 is 0 Å². The molecule has 1 nitrogen and oxygen atoms in total. The Morgan fingerprint density at radius 1 is 0.826 bits per heavy atom. The lowest BCUT2D eigenvalue weighted by Crippen LogP contribution is -2.54. The number of aliphatic hydroxyl groups is 1. The van der Waals surface area contributed by atoms with Gasteiger partial charge in [-0.15, -0.1) is 0 Å². The van der Waals surface area contributed by atoms with E-state index in [1.165, 1.54) is 51.4 Å². The van der Waals surface area contributed by atoms with E-state index in [9.17, 15) is 5.11 Å². The summed E-state index contributed by atoms with van der Waals surface area (Å²) in [6.07, 6.45) is 11.7. The molecule has 0 saturated heterocycles. The van der Waals surface area contributed by atoms with Crippen molar-refractivity contribution in [3.63, 3.8) is 0 Å². The van der Waals surface area contributed by atoms with Gasteiger partial charge in [-0.2, -0.15) is 0 Å². The maximum Gasteiger partial charge on any atom is 0.0594 e. The second-order valence-electron chi connectivity index (χ2n) is 10.6. The first-order valence-corrected chi connectivity index (χ1v) is 10.1. The molecule has 0 bridgehead atoms. The van der Waals surface area contributed by atoms with E-state index in [-0.39, 0.29) is 11.5 Å². The van der Waals surface area contributed by atoms with E-state index in [1.54, 1.807) is 0 Å². The van der Waals surface area contributed by atoms with Crippen molar-refractivity contribution in [2.24, 2.45) is 27.6 Å². The lowest BCUT2D eigenvalue weighted by atomic mass is 9.44. The number of allylic oxidation sites excluding steroid dienone is 2. The third kappa shape index (κ3) is 1.84. The SMILES string of the molecule is CC1(C)[C@@H](O)CC[C@]2(C)C3=C(CC[C@@H]12)[C@]1(C)CCC[C@]1(C)CC3. The van der Waals surface area contributed by atoms with Crippen LogP contribution in [-0.2, 0) is 0 Å². The molecule has 2 saturated carbocycles. The number of aliphatic hydroxyl groups excluding tert-OH is 1. The van der Waals surface area contributed by atoms with Crippen LogP contribution in [0, 0.1) is 27.6 Å². The van der Waals surface area contributed by atoms with Gasteiger partial charge in [0.15, 0.2) is 0 Å². The lowest BCUT2D eigenvalue weighted by molar-refractivity contribution is -0.0946. The molecular formula is C22H36O. The van der Waals surface area contributed by atoms with Crippen molar-refractivity contribution in [2.75, 3.05) is 0 Å². The van der Waals surface area contributed by atoms with Crippen molar-refractivity contribution >= 4 is 0 Å². The highest BCUT2D eigenvalue weighted by Gasteiger charge is 2.60. The highest BCUT2D eigenvalue weighted by atomic mass is 16.3. The van der Waals surface area contributed by atoms with Gasteiger partial charge in [-0.05, 0) is 78.9 Å². The number of hydrogen-bond donors (Lipinski definition) is 1. The minimum Gasteiger partial charge on any atom is -0.393 e. The Morgan fingerprint density at radius 2 is 1.57 bits per heavy atom. The summed E-state index contributed by atoms with van der Waals surface area (Å²) in [5, 5.41) is 10.6. The molecule has 130 valence electrons. The molecule has 0 heterocycles. The quantitative estimate of drug-likeness (QED) is 0.554. The molecule has 1 heteroatoms. The standard InChI is InChI=1S/C22H36O/c1-19(2)17-8-7-16-15(21(17,4)14-10-18(19)23)9-13-20(3)11-6-12-22(16,20)5/h17-18,23H,6-14H2,1-5H3/t17-,18-,20+,21+,22-/m0/s1. The van der Waals surface area contributed by atoms with E-state index in [2.05, 4.69) is 34.6 Å². The van der Waals surface area contributed by atoms with E-state index in [1.807, 2.05) is 11.1 Å². The molecule has 0 aromatic heterocycles. The largest absolute Gasteiger partial charge is 0.393 e. The summed E-state index contributed by atoms with van der Waals surface area (Å²) in [6.45, 7) is 12.4. The molecule has 0 radical (unpaired) electrons. The molecule has 0 spiro atoms. The summed E-state index contributed by atoms with van der Waals surface area (Å²) in [4.78, 5) is 0. The Morgan fingerprint density at radius 3 is 2.30 bits per heavy atom. The fourth-order valence-corrected chi connectivity index (χ4v) is 7.64. The summed E-state index contributed by atoms with van der Waals surface area (Å²) in [6, 6.07) is 0. The van der Waals surface area contributed by atoms with Gasteiger partial charge >= 0.3 is 0 Å². The predicted octanol–water partition coefficient (Wildman–Crippen LogP) is 5.87. The van der Waals surface area contributed by atoms with Gasteiger partial charge in [0.05, 0.1) is 6.10 Å². The number of hydrogen-bond acceptors (Lipinski definition) is 1. The van der Waals surface area contributed by atoms with Crippen LogP contribution in [0.3, 0.4) is 0 Å². The van der Waals surface area contributed by atoms with Gasteiger partial charge in [-0.25, -0.2) is 0 Å². The van der Waals surface area contributed by atoms with E-state index in [0.29, 0.717) is 22.2 Å². The van der Waals surface area contributed by atoms with Crippen molar-refractivity contribution in [2.45, 2.75) is 98.5 Å². The molecule has 0 amide bonds. The fraction of sp³-hybridized carbons (Fsp3) is 0.909. The van der Waals surface area contributed by atoms with Crippen LogP contribution in [-0.4, -0.2) is 11.2 Å². The minimum atomic E-state index is -0.112. The number of fused-ring (bicyclic) bond motifs is 4. The van der Waals surface area contributed by atoms with Crippen LogP contribution in [0.4, 0.5) is 0 Å². The first-order chi connectivity index (χ1) is 10.7. The van der Waals surface area contributed by atoms with Crippen LogP contribution in [0.2, 0.25) is 0 Å². The molecule has 5 atom stereocenters. The zero-order valence-corrected chi connectivity index (χ0v) is 16.0. The maximum atomic E-state index is 10.6. The van der Waals surface area contributed by atoms with Crippen LogP contribution in [0.15, 0.2) is 11.1 Å². The Labute approximate surface area is 142 Å². The zero-order valence-electron chi connectivity index (χ0n) is 16.0. The highest BCUT2D eigenvalue weighted by Crippen LogP contribution is 2.70. The minimum absolute atomic E-state index is 0.0723. The van der Waals surface area contributed by atoms with E-state index in [4.69, 9.17) is 0 Å². The first kappa shape index (κ1) is 16.2. The lowest BCUT2D eigenvalue weighted by Gasteiger charge is -2.61. The van der Waals surface area contributed by atoms with E-state index in [0.717, 1.165) is 6.42 Å². The average molecular weight is 317 g/mol. The van der Waals surface area contributed by atoms with Gasteiger partial charge in [0, 0.05) is 0 Å². The second-order valence-corrected chi connectivity index (χ2v) is 10.6. The topological polar surface area (TPSA) is 20.2 Å². The summed E-state index contributed by atoms with van der Waals surface area (Å²) in [7, 11) is 0. The Balaban J connectivity index is 1.82. The number of rotatable bonds is 0. The van der Waals surface area contributed by atoms with Crippen molar-refractivity contribution in [1.82, 2.24) is 0 Å². The average Bonchev–Trinajstić information content (AvgIpc) is 2.79. The molecule has 4 aliphatic rings. The van der Waals surface area contributed by atoms with Gasteiger partial charge in [0.2, 0.25) is 0 Å². The molecule has 4 rings (SSSR count). The van der Waals surface area contributed by atoms with Gasteiger partial charge < -0.3 is 5.11 Å². The van der Waals surface area contributed by atoms with Crippen LogP contribution >= 0.6 is 0 Å². The van der Waals surface area contributed by atoms with Crippen molar-refractivity contribution in [3.05, 3.63) is 11.1 Å². The smallest absolute Gasteiger partial charge is 0.0594 e. The van der Waals surface area contributed by atoms with Crippen molar-refractivity contribution < 1.29 is 5.11 Å². The third-order valence-corrected chi connectivity index (χ3v) is 9.53. The molecule has 0 aromatic rings. The van der Waals surface area contributed by atoms with Crippen LogP contribution in [0.5, 0.6) is 0 Å². The van der Waals surface area contributed by atoms with Crippen LogP contribution in [0.1, 0.15) is 92.4 Å². The first-order valence-electron chi connectivity index (χ1n) is 10.1. The normalized spacial score (nSPS) is 51.9. The molecule has 1 N–H and O–H groups in total. The zero-order chi connectivity index (χ0) is 16.7. The molecule has 4 aliphatic carbocycles. The summed E-state index contributed by atoms with van der Waals surface area (Å²) in [5.74, 6) is 0.659. The van der Waals surface area contributed by atoms with Gasteiger partial charge in [0.1, 0.15) is 0 Å². The van der Waals surface area contributed by atoms with Gasteiger partial charge in [-0.3, -0.25) is 0 Å². The molecular weight excluding hydrogens is 280 g/mol. The third-order valence-electron chi connectivity index (χ3n) is 9.53. The van der Waals surface area contributed by atoms with Crippen LogP contribution < -0.4 is 0 Å². The maximum absolute atomic E-state index is 10.6. The van der Waals surface area contributed by atoms with Gasteiger partial charge in [0.25, 0.3) is 0 Å². The van der Waals surface area contributed by atoms with E-state index < -0.39 is 0 Å². The molecule has 23 heavy (non-hydrogen) atoms. The predicted molar refractivity (Wildman–Crippen MR) is 96.2 cm³/mol. The summed E-state index contributed by atoms with van der Waals surface area (Å²) < 4.78 is 0. The highest BCUT2D eigenvalue weighted by molar-refractivity contribution is 5.38. The van der Waals surface area contributed by atoms with Crippen LogP contribution in [0.25, 0.3) is 0 Å². The molecule has 0 aromatic carbocycles. The second kappa shape index (κ2) is 4.65. The summed E-state index contributed by atoms with van der Waals surface area (Å²) >= 11 is 0.